The first-order valence-electron chi connectivity index (χ1n) is 25.7. The number of terminal acetylenes is 1. The van der Waals surface area contributed by atoms with E-state index < -0.39 is 29.0 Å². The number of carbonyl (C=O) groups is 2. The number of hydrogen-bond donors (Lipinski definition) is 2. The maximum Gasteiger partial charge on any atom is 0.282 e. The van der Waals surface area contributed by atoms with Gasteiger partial charge in [-0.2, -0.15) is 4.98 Å². The van der Waals surface area contributed by atoms with Gasteiger partial charge in [0.2, 0.25) is 11.8 Å². The minimum atomic E-state index is -0.846. The molecule has 2 amide bonds. The van der Waals surface area contributed by atoms with Crippen LogP contribution >= 0.6 is 11.6 Å². The second-order valence-corrected chi connectivity index (χ2v) is 22.8. The third kappa shape index (κ3) is 9.80. The number of carbonyl (C=O) groups excluding carboxylic acids is 2. The Kier molecular flexibility index (Phi) is 13.8. The average molecular weight is 983 g/mol. The number of aliphatic hydroxyl groups is 1. The molecule has 374 valence electrons. The maximum atomic E-state index is 14.8. The summed E-state index contributed by atoms with van der Waals surface area (Å²) in [6.45, 7) is 16.9. The molecule has 0 bridgehead atoms. The van der Waals surface area contributed by atoms with E-state index in [2.05, 4.69) is 72.9 Å². The van der Waals surface area contributed by atoms with Gasteiger partial charge < -0.3 is 25.0 Å². The smallest absolute Gasteiger partial charge is 0.282 e. The van der Waals surface area contributed by atoms with Gasteiger partial charge in [0, 0.05) is 56.8 Å². The number of nitrogens with zero attached hydrogens (tertiary/aromatic N) is 8. The quantitative estimate of drug-likeness (QED) is 0.131. The number of rotatable bonds is 11. The van der Waals surface area contributed by atoms with Gasteiger partial charge in [0.1, 0.15) is 17.9 Å². The molecule has 14 nitrogen and oxygen atoms in total. The minimum absolute atomic E-state index is 0.0645. The molecule has 3 saturated heterocycles. The number of aromatic nitrogens is 5. The fourth-order valence-electron chi connectivity index (χ4n) is 12.3. The molecule has 5 aromatic rings. The Hall–Kier alpha value is -5.43. The Morgan fingerprint density at radius 1 is 0.958 bits per heavy atom. The molecule has 4 aliphatic heterocycles. The Morgan fingerprint density at radius 3 is 2.39 bits per heavy atom. The molecule has 0 unspecified atom stereocenters. The Bertz CT molecular complexity index is 2880. The molecule has 4 atom stereocenters. The number of likely N-dealkylation sites (tertiary alicyclic amines) is 2. The van der Waals surface area contributed by atoms with Crippen LogP contribution in [0.3, 0.4) is 0 Å². The van der Waals surface area contributed by atoms with E-state index in [1.807, 2.05) is 63.4 Å². The molecule has 2 aromatic heterocycles. The Morgan fingerprint density at radius 2 is 1.69 bits per heavy atom. The summed E-state index contributed by atoms with van der Waals surface area (Å²) in [4.78, 5) is 53.3. The van der Waals surface area contributed by atoms with Crippen LogP contribution in [-0.4, -0.2) is 127 Å². The van der Waals surface area contributed by atoms with E-state index in [-0.39, 0.29) is 42.3 Å². The van der Waals surface area contributed by atoms with Crippen LogP contribution in [0.15, 0.2) is 71.7 Å². The van der Waals surface area contributed by atoms with Crippen molar-refractivity contribution in [3.8, 4) is 18.0 Å². The number of morpholine rings is 1. The predicted octanol–water partition coefficient (Wildman–Crippen LogP) is 7.14. The van der Waals surface area contributed by atoms with Gasteiger partial charge in [-0.3, -0.25) is 23.9 Å². The first-order valence-corrected chi connectivity index (χ1v) is 26.1. The molecule has 15 heteroatoms. The van der Waals surface area contributed by atoms with Gasteiger partial charge in [0.15, 0.2) is 0 Å². The molecule has 5 aliphatic rings. The minimum Gasteiger partial charge on any atom is -0.391 e. The highest BCUT2D eigenvalue weighted by Gasteiger charge is 2.46. The predicted molar refractivity (Wildman–Crippen MR) is 275 cm³/mol. The van der Waals surface area contributed by atoms with Gasteiger partial charge >= 0.3 is 0 Å². The van der Waals surface area contributed by atoms with Crippen LogP contribution in [0.25, 0.3) is 16.6 Å². The second-order valence-electron chi connectivity index (χ2n) is 22.4. The number of hydrogen-bond acceptors (Lipinski definition) is 10. The summed E-state index contributed by atoms with van der Waals surface area (Å²) in [6.07, 6.45) is 13.3. The second kappa shape index (κ2) is 19.9. The highest BCUT2D eigenvalue weighted by atomic mass is 35.5. The van der Waals surface area contributed by atoms with Gasteiger partial charge in [-0.05, 0) is 130 Å². The Balaban J connectivity index is 0.756. The number of amides is 2. The maximum absolute atomic E-state index is 14.8. The highest BCUT2D eigenvalue weighted by molar-refractivity contribution is 6.35. The summed E-state index contributed by atoms with van der Waals surface area (Å²) in [6, 6.07) is 18.2. The number of halogens is 1. The standard InChI is InChI=1S/C56H68ClN9O5/c1-7-35-11-15-38(16-12-35)44(33-63-25-27-71-28-26-63)58-51(68)48-30-41(67)32-64(48)53(70)50(55(2,3)4)65-34-45(60-61-65)39-17-13-36(14-18-39)31-62-23-21-37(22-24-62)40-19-20-42-47(29-40)66-46-10-8-9-43(57)49(46)52(69)59-54(66)56(42,5)6/h1,8-12,15-16,19-20,29,34,36-37,39,41,44,48,50,67H,13-14,17-18,21-28,30-33H2,2-6H3,(H,58,68)/t36?,39?,41-,44+,48+,50-/m1/s1. The highest BCUT2D eigenvalue weighted by Crippen LogP contribution is 2.45. The van der Waals surface area contributed by atoms with Crippen LogP contribution in [0.5, 0.6) is 0 Å². The first-order chi connectivity index (χ1) is 34.1. The van der Waals surface area contributed by atoms with E-state index >= 15 is 0 Å². The van der Waals surface area contributed by atoms with Crippen LogP contribution in [0, 0.1) is 23.7 Å². The van der Waals surface area contributed by atoms with E-state index in [1.165, 1.54) is 11.1 Å². The fraction of sp³-hybridized carbons (Fsp3) is 0.536. The zero-order valence-electron chi connectivity index (χ0n) is 41.8. The van der Waals surface area contributed by atoms with Gasteiger partial charge in [-0.1, -0.05) is 73.8 Å². The zero-order chi connectivity index (χ0) is 49.8. The third-order valence-corrected chi connectivity index (χ3v) is 16.6. The summed E-state index contributed by atoms with van der Waals surface area (Å²) in [7, 11) is 0. The summed E-state index contributed by atoms with van der Waals surface area (Å²) in [5.74, 6) is 4.19. The molecule has 1 saturated carbocycles. The van der Waals surface area contributed by atoms with Crippen molar-refractivity contribution in [3.63, 3.8) is 0 Å². The molecule has 4 fully saturated rings. The van der Waals surface area contributed by atoms with E-state index in [1.54, 1.807) is 15.6 Å². The van der Waals surface area contributed by atoms with Crippen molar-refractivity contribution in [2.24, 2.45) is 11.3 Å². The molecule has 0 radical (unpaired) electrons. The molecule has 0 spiro atoms. The van der Waals surface area contributed by atoms with Gasteiger partial charge in [-0.25, -0.2) is 4.68 Å². The Labute approximate surface area is 422 Å². The SMILES string of the molecule is C#Cc1ccc([C@H](CN2CCOCC2)NC(=O)[C@@H]2C[C@@H](O)CN2C(=O)[C@@H](n2cc(C3CCC(CN4CCC(c5ccc6c(c5)-n5c(nc(=O)c7c(Cl)cccc75)C6(C)C)CC4)CC3)nn2)C(C)(C)C)cc1. The van der Waals surface area contributed by atoms with Gasteiger partial charge in [0.25, 0.3) is 5.56 Å². The van der Waals surface area contributed by atoms with Crippen molar-refractivity contribution < 1.29 is 19.4 Å². The van der Waals surface area contributed by atoms with Crippen molar-refractivity contribution in [1.29, 1.82) is 0 Å². The normalized spacial score (nSPS) is 23.8. The summed E-state index contributed by atoms with van der Waals surface area (Å²) >= 11 is 6.55. The fourth-order valence-corrected chi connectivity index (χ4v) is 12.5. The number of benzene rings is 3. The number of fused-ring (bicyclic) bond motifs is 5. The van der Waals surface area contributed by atoms with Crippen LogP contribution in [0.4, 0.5) is 0 Å². The largest absolute Gasteiger partial charge is 0.391 e. The number of piperidine rings is 1. The lowest BCUT2D eigenvalue weighted by atomic mass is 9.80. The van der Waals surface area contributed by atoms with Crippen LogP contribution in [0.2, 0.25) is 5.02 Å². The van der Waals surface area contributed by atoms with Crippen molar-refractivity contribution in [2.75, 3.05) is 59.0 Å². The van der Waals surface area contributed by atoms with Crippen molar-refractivity contribution in [3.05, 3.63) is 116 Å². The lowest BCUT2D eigenvalue weighted by Gasteiger charge is -2.36. The van der Waals surface area contributed by atoms with E-state index in [0.29, 0.717) is 42.0 Å². The molecule has 10 rings (SSSR count). The van der Waals surface area contributed by atoms with Crippen LogP contribution in [-0.2, 0) is 19.7 Å². The van der Waals surface area contributed by atoms with Crippen molar-refractivity contribution >= 4 is 34.3 Å². The number of ether oxygens (including phenoxy) is 1. The lowest BCUT2D eigenvalue weighted by molar-refractivity contribution is -0.144. The van der Waals surface area contributed by atoms with Crippen LogP contribution in [0.1, 0.15) is 137 Å². The number of β-amino-alcohol motifs (C(OH)–C–C–N with tert-alkyl or cyclic N) is 1. The van der Waals surface area contributed by atoms with E-state index in [0.717, 1.165) is 105 Å². The zero-order valence-corrected chi connectivity index (χ0v) is 42.6. The molecular formula is C56H68ClN9O5. The van der Waals surface area contributed by atoms with E-state index in [4.69, 9.17) is 22.8 Å². The first kappa shape index (κ1) is 49.2. The average Bonchev–Trinajstić information content (AvgIpc) is 4.06. The summed E-state index contributed by atoms with van der Waals surface area (Å²) < 4.78 is 9.44. The lowest BCUT2D eigenvalue weighted by Crippen LogP contribution is -2.52. The van der Waals surface area contributed by atoms with Gasteiger partial charge in [-0.15, -0.1) is 11.5 Å². The number of aliphatic hydroxyl groups excluding tert-OH is 1. The number of nitrogens with one attached hydrogen (secondary N) is 1. The topological polar surface area (TPSA) is 151 Å². The molecular weight excluding hydrogens is 914 g/mol. The summed E-state index contributed by atoms with van der Waals surface area (Å²) in [5.41, 5.74) is 5.73. The van der Waals surface area contributed by atoms with E-state index in [9.17, 15) is 19.5 Å². The molecule has 3 aromatic carbocycles. The molecule has 2 N–H and O–H groups in total. The summed E-state index contributed by atoms with van der Waals surface area (Å²) in [5, 5.41) is 24.4. The molecule has 6 heterocycles. The van der Waals surface area contributed by atoms with Crippen molar-refractivity contribution in [2.45, 2.75) is 121 Å². The van der Waals surface area contributed by atoms with Crippen molar-refractivity contribution in [1.82, 2.24) is 44.6 Å². The van der Waals surface area contributed by atoms with Gasteiger partial charge in [0.05, 0.1) is 58.1 Å². The molecule has 71 heavy (non-hydrogen) atoms. The molecule has 1 aliphatic carbocycles. The monoisotopic (exact) mass is 982 g/mol. The van der Waals surface area contributed by atoms with Crippen LogP contribution < -0.4 is 10.9 Å². The third-order valence-electron chi connectivity index (χ3n) is 16.3.